The van der Waals surface area contributed by atoms with Crippen LogP contribution in [0.2, 0.25) is 0 Å². The molecule has 0 unspecified atom stereocenters. The van der Waals surface area contributed by atoms with E-state index in [2.05, 4.69) is 34.6 Å². The first-order chi connectivity index (χ1) is 13.3. The number of carbonyl (C=O) groups is 2. The lowest BCUT2D eigenvalue weighted by Gasteiger charge is -2.11. The van der Waals surface area contributed by atoms with Crippen LogP contribution in [-0.4, -0.2) is 31.9 Å². The standard InChI is InChI=1S/C21H23N5O2/c1-13(2)16-5-7-18(8-6-16)20-23-25-26(24-20)14(3)21(28)22-19-11-9-17(10-12-19)15(4)27/h5-14H,1-4H3,(H,22,28)/t14-/m0/s1. The average Bonchev–Trinajstić information content (AvgIpc) is 3.18. The highest BCUT2D eigenvalue weighted by Crippen LogP contribution is 2.20. The van der Waals surface area contributed by atoms with Crippen LogP contribution >= 0.6 is 0 Å². The molecule has 7 heteroatoms. The molecule has 0 saturated heterocycles. The molecule has 1 amide bonds. The lowest BCUT2D eigenvalue weighted by atomic mass is 10.0. The molecule has 0 fully saturated rings. The molecule has 1 atom stereocenters. The van der Waals surface area contributed by atoms with Crippen molar-refractivity contribution >= 4 is 17.4 Å². The van der Waals surface area contributed by atoms with Crippen LogP contribution in [0.4, 0.5) is 5.69 Å². The van der Waals surface area contributed by atoms with E-state index >= 15 is 0 Å². The van der Waals surface area contributed by atoms with Crippen LogP contribution in [0.25, 0.3) is 11.4 Å². The van der Waals surface area contributed by atoms with Gasteiger partial charge in [-0.3, -0.25) is 9.59 Å². The normalized spacial score (nSPS) is 12.0. The minimum absolute atomic E-state index is 0.0213. The van der Waals surface area contributed by atoms with Gasteiger partial charge in [0.25, 0.3) is 5.91 Å². The lowest BCUT2D eigenvalue weighted by Crippen LogP contribution is -2.25. The Morgan fingerprint density at radius 2 is 1.61 bits per heavy atom. The molecule has 0 aliphatic heterocycles. The number of Topliss-reactive ketones (excluding diaryl/α,β-unsaturated/α-hetero) is 1. The Morgan fingerprint density at radius 3 is 2.18 bits per heavy atom. The Hall–Kier alpha value is -3.35. The maximum atomic E-state index is 12.5. The molecule has 0 spiro atoms. The Labute approximate surface area is 163 Å². The maximum Gasteiger partial charge on any atom is 0.250 e. The molecule has 1 heterocycles. The van der Waals surface area contributed by atoms with Gasteiger partial charge in [-0.1, -0.05) is 38.1 Å². The number of aromatic nitrogens is 4. The molecule has 1 N–H and O–H groups in total. The number of carbonyl (C=O) groups excluding carboxylic acids is 2. The Morgan fingerprint density at radius 1 is 0.964 bits per heavy atom. The van der Waals surface area contributed by atoms with Crippen LogP contribution in [0.1, 0.15) is 55.6 Å². The summed E-state index contributed by atoms with van der Waals surface area (Å²) in [5, 5.41) is 15.2. The van der Waals surface area contributed by atoms with Crippen molar-refractivity contribution in [2.75, 3.05) is 5.32 Å². The molecule has 28 heavy (non-hydrogen) atoms. The van der Waals surface area contributed by atoms with E-state index in [4.69, 9.17) is 0 Å². The molecular weight excluding hydrogens is 354 g/mol. The van der Waals surface area contributed by atoms with Crippen molar-refractivity contribution in [2.45, 2.75) is 39.7 Å². The lowest BCUT2D eigenvalue weighted by molar-refractivity contribution is -0.119. The third-order valence-electron chi connectivity index (χ3n) is 4.55. The van der Waals surface area contributed by atoms with Crippen molar-refractivity contribution in [1.29, 1.82) is 0 Å². The highest BCUT2D eigenvalue weighted by molar-refractivity contribution is 5.96. The second-order valence-electron chi connectivity index (χ2n) is 7.01. The van der Waals surface area contributed by atoms with Gasteiger partial charge < -0.3 is 5.32 Å². The summed E-state index contributed by atoms with van der Waals surface area (Å²) in [7, 11) is 0. The van der Waals surface area contributed by atoms with Crippen molar-refractivity contribution in [3.05, 3.63) is 59.7 Å². The second kappa shape index (κ2) is 8.12. The largest absolute Gasteiger partial charge is 0.324 e. The summed E-state index contributed by atoms with van der Waals surface area (Å²) in [6.45, 7) is 7.47. The molecule has 7 nitrogen and oxygen atoms in total. The first-order valence-electron chi connectivity index (χ1n) is 9.17. The zero-order chi connectivity index (χ0) is 20.3. The van der Waals surface area contributed by atoms with Gasteiger partial charge in [-0.15, -0.1) is 10.2 Å². The molecule has 0 aliphatic rings. The highest BCUT2D eigenvalue weighted by Gasteiger charge is 2.19. The van der Waals surface area contributed by atoms with Gasteiger partial charge in [0, 0.05) is 16.8 Å². The fraction of sp³-hybridized carbons (Fsp3) is 0.286. The van der Waals surface area contributed by atoms with E-state index in [9.17, 15) is 9.59 Å². The quantitative estimate of drug-likeness (QED) is 0.659. The monoisotopic (exact) mass is 377 g/mol. The number of amides is 1. The van der Waals surface area contributed by atoms with Gasteiger partial charge >= 0.3 is 0 Å². The van der Waals surface area contributed by atoms with Crippen molar-refractivity contribution in [3.8, 4) is 11.4 Å². The van der Waals surface area contributed by atoms with E-state index in [1.807, 2.05) is 24.3 Å². The van der Waals surface area contributed by atoms with Crippen molar-refractivity contribution in [3.63, 3.8) is 0 Å². The Bertz CT molecular complexity index is 975. The summed E-state index contributed by atoms with van der Waals surface area (Å²) in [6, 6.07) is 14.1. The van der Waals surface area contributed by atoms with Gasteiger partial charge in [0.1, 0.15) is 6.04 Å². The smallest absolute Gasteiger partial charge is 0.250 e. The predicted octanol–water partition coefficient (Wildman–Crippen LogP) is 3.87. The summed E-state index contributed by atoms with van der Waals surface area (Å²) < 4.78 is 0. The van der Waals surface area contributed by atoms with Gasteiger partial charge in [-0.2, -0.15) is 4.80 Å². The number of hydrogen-bond acceptors (Lipinski definition) is 5. The molecule has 1 aromatic heterocycles. The zero-order valence-electron chi connectivity index (χ0n) is 16.4. The van der Waals surface area contributed by atoms with E-state index in [1.54, 1.807) is 31.2 Å². The number of ketones is 1. The van der Waals surface area contributed by atoms with Crippen LogP contribution in [0.3, 0.4) is 0 Å². The predicted molar refractivity (Wildman–Crippen MR) is 107 cm³/mol. The van der Waals surface area contributed by atoms with E-state index < -0.39 is 6.04 Å². The van der Waals surface area contributed by atoms with Crippen molar-refractivity contribution in [2.24, 2.45) is 0 Å². The van der Waals surface area contributed by atoms with Gasteiger partial charge in [-0.05, 0) is 54.8 Å². The third kappa shape index (κ3) is 4.31. The number of tetrazole rings is 1. The molecule has 3 aromatic rings. The first kappa shape index (κ1) is 19.4. The number of benzene rings is 2. The van der Waals surface area contributed by atoms with Crippen LogP contribution in [0, 0.1) is 0 Å². The molecule has 3 rings (SSSR count). The molecule has 0 bridgehead atoms. The van der Waals surface area contributed by atoms with Crippen LogP contribution in [0.5, 0.6) is 0 Å². The Kier molecular flexibility index (Phi) is 5.63. The summed E-state index contributed by atoms with van der Waals surface area (Å²) in [4.78, 5) is 25.1. The fourth-order valence-corrected chi connectivity index (χ4v) is 2.66. The van der Waals surface area contributed by atoms with Crippen molar-refractivity contribution in [1.82, 2.24) is 20.2 Å². The number of anilines is 1. The second-order valence-corrected chi connectivity index (χ2v) is 7.01. The van der Waals surface area contributed by atoms with E-state index in [0.717, 1.165) is 5.56 Å². The molecular formula is C21H23N5O2. The number of hydrogen-bond donors (Lipinski definition) is 1. The molecule has 144 valence electrons. The van der Waals surface area contributed by atoms with Gasteiger partial charge in [0.2, 0.25) is 5.82 Å². The fourth-order valence-electron chi connectivity index (χ4n) is 2.66. The van der Waals surface area contributed by atoms with Crippen LogP contribution < -0.4 is 5.32 Å². The number of nitrogens with one attached hydrogen (secondary N) is 1. The SMILES string of the molecule is CC(=O)c1ccc(NC(=O)[C@H](C)n2nnc(-c3ccc(C(C)C)cc3)n2)cc1. The molecule has 0 saturated carbocycles. The molecule has 2 aromatic carbocycles. The minimum Gasteiger partial charge on any atom is -0.324 e. The van der Waals surface area contributed by atoms with Crippen molar-refractivity contribution < 1.29 is 9.59 Å². The first-order valence-corrected chi connectivity index (χ1v) is 9.17. The topological polar surface area (TPSA) is 89.8 Å². The van der Waals surface area contributed by atoms with Crippen LogP contribution in [-0.2, 0) is 4.79 Å². The summed E-state index contributed by atoms with van der Waals surface area (Å²) in [6.07, 6.45) is 0. The summed E-state index contributed by atoms with van der Waals surface area (Å²) in [5.74, 6) is 0.633. The molecule has 0 radical (unpaired) electrons. The average molecular weight is 377 g/mol. The molecule has 0 aliphatic carbocycles. The third-order valence-corrected chi connectivity index (χ3v) is 4.55. The highest BCUT2D eigenvalue weighted by atomic mass is 16.2. The maximum absolute atomic E-state index is 12.5. The number of nitrogens with zero attached hydrogens (tertiary/aromatic N) is 4. The van der Waals surface area contributed by atoms with Crippen LogP contribution in [0.15, 0.2) is 48.5 Å². The van der Waals surface area contributed by atoms with Gasteiger partial charge in [-0.25, -0.2) is 0 Å². The summed E-state index contributed by atoms with van der Waals surface area (Å²) >= 11 is 0. The zero-order valence-corrected chi connectivity index (χ0v) is 16.4. The van der Waals surface area contributed by atoms with E-state index in [0.29, 0.717) is 23.0 Å². The van der Waals surface area contributed by atoms with E-state index in [-0.39, 0.29) is 11.7 Å². The van der Waals surface area contributed by atoms with Gasteiger partial charge in [0.05, 0.1) is 0 Å². The Balaban J connectivity index is 1.69. The van der Waals surface area contributed by atoms with E-state index in [1.165, 1.54) is 17.3 Å². The number of rotatable bonds is 6. The van der Waals surface area contributed by atoms with Gasteiger partial charge in [0.15, 0.2) is 5.78 Å². The minimum atomic E-state index is -0.635. The summed E-state index contributed by atoms with van der Waals surface area (Å²) in [5.41, 5.74) is 3.28.